The van der Waals surface area contributed by atoms with E-state index in [9.17, 15) is 13.6 Å². The Morgan fingerprint density at radius 3 is 2.46 bits per heavy atom. The Bertz CT molecular complexity index is 994. The molecule has 2 amide bonds. The van der Waals surface area contributed by atoms with Gasteiger partial charge in [-0.15, -0.1) is 0 Å². The van der Waals surface area contributed by atoms with Crippen LogP contribution in [0.5, 0.6) is 0 Å². The second-order valence-corrected chi connectivity index (χ2v) is 7.62. The number of urea groups is 1. The molecule has 2 aromatic carbocycles. The lowest BCUT2D eigenvalue weighted by atomic mass is 10.1. The van der Waals surface area contributed by atoms with E-state index in [-0.39, 0.29) is 0 Å². The fourth-order valence-electron chi connectivity index (χ4n) is 3.32. The van der Waals surface area contributed by atoms with Gasteiger partial charge in [0.05, 0.1) is 10.2 Å². The lowest BCUT2D eigenvalue weighted by molar-refractivity contribution is 0.208. The van der Waals surface area contributed by atoms with Gasteiger partial charge in [-0.05, 0) is 30.2 Å². The highest BCUT2D eigenvalue weighted by atomic mass is 32.1. The first-order chi connectivity index (χ1) is 13.6. The largest absolute Gasteiger partial charge is 0.345 e. The van der Waals surface area contributed by atoms with Crippen LogP contribution in [0.1, 0.15) is 12.5 Å². The molecule has 2 heterocycles. The van der Waals surface area contributed by atoms with E-state index in [2.05, 4.69) is 29.3 Å². The molecule has 3 aromatic rings. The summed E-state index contributed by atoms with van der Waals surface area (Å²) in [7, 11) is 0. The van der Waals surface area contributed by atoms with E-state index in [0.29, 0.717) is 26.2 Å². The van der Waals surface area contributed by atoms with Crippen LogP contribution in [-0.4, -0.2) is 42.1 Å². The van der Waals surface area contributed by atoms with E-state index in [4.69, 9.17) is 4.98 Å². The Morgan fingerprint density at radius 2 is 1.79 bits per heavy atom. The van der Waals surface area contributed by atoms with Crippen LogP contribution in [0.3, 0.4) is 0 Å². The van der Waals surface area contributed by atoms with Crippen molar-refractivity contribution in [1.82, 2.24) is 9.88 Å². The Morgan fingerprint density at radius 1 is 1.11 bits per heavy atom. The van der Waals surface area contributed by atoms with Crippen molar-refractivity contribution in [1.29, 1.82) is 0 Å². The molecule has 28 heavy (non-hydrogen) atoms. The first-order valence-corrected chi connectivity index (χ1v) is 10.0. The number of hydrogen-bond donors (Lipinski definition) is 1. The van der Waals surface area contributed by atoms with Crippen LogP contribution in [0, 0.1) is 11.6 Å². The number of piperazine rings is 1. The molecule has 1 saturated heterocycles. The monoisotopic (exact) mass is 402 g/mol. The number of nitrogens with zero attached hydrogens (tertiary/aromatic N) is 3. The highest BCUT2D eigenvalue weighted by Gasteiger charge is 2.24. The SMILES string of the molecule is CCc1cccc2sc(N3CCN(C(=O)Nc4c(F)cccc4F)CC3)nc12. The average molecular weight is 402 g/mol. The average Bonchev–Trinajstić information content (AvgIpc) is 3.15. The van der Waals surface area contributed by atoms with Gasteiger partial charge in [0.25, 0.3) is 0 Å². The van der Waals surface area contributed by atoms with Gasteiger partial charge in [0, 0.05) is 26.2 Å². The molecule has 1 aliphatic rings. The molecule has 1 aliphatic heterocycles. The van der Waals surface area contributed by atoms with Gasteiger partial charge in [0.1, 0.15) is 17.3 Å². The van der Waals surface area contributed by atoms with Crippen LogP contribution in [0.15, 0.2) is 36.4 Å². The first kappa shape index (κ1) is 18.6. The number of aryl methyl sites for hydroxylation is 1. The maximum absolute atomic E-state index is 13.7. The van der Waals surface area contributed by atoms with Crippen molar-refractivity contribution in [2.45, 2.75) is 13.3 Å². The first-order valence-electron chi connectivity index (χ1n) is 9.20. The third-order valence-electron chi connectivity index (χ3n) is 4.90. The summed E-state index contributed by atoms with van der Waals surface area (Å²) >= 11 is 1.65. The van der Waals surface area contributed by atoms with E-state index in [1.54, 1.807) is 16.2 Å². The number of para-hydroxylation sites is 2. The lowest BCUT2D eigenvalue weighted by Crippen LogP contribution is -2.50. The predicted molar refractivity (Wildman–Crippen MR) is 108 cm³/mol. The van der Waals surface area contributed by atoms with Gasteiger partial charge in [0.15, 0.2) is 5.13 Å². The summed E-state index contributed by atoms with van der Waals surface area (Å²) in [6.45, 7) is 4.27. The predicted octanol–water partition coefficient (Wildman–Crippen LogP) is 4.49. The number of anilines is 2. The van der Waals surface area contributed by atoms with Crippen LogP contribution in [0.25, 0.3) is 10.2 Å². The summed E-state index contributed by atoms with van der Waals surface area (Å²) in [4.78, 5) is 20.9. The van der Waals surface area contributed by atoms with Crippen molar-refractivity contribution in [3.8, 4) is 0 Å². The number of hydrogen-bond acceptors (Lipinski definition) is 4. The van der Waals surface area contributed by atoms with Crippen molar-refractivity contribution in [2.24, 2.45) is 0 Å². The standard InChI is InChI=1S/C20H20F2N4OS/c1-2-13-5-3-8-16-17(13)24-20(28-16)26-11-9-25(10-12-26)19(27)23-18-14(21)6-4-7-15(18)22/h3-8H,2,9-12H2,1H3,(H,23,27). The summed E-state index contributed by atoms with van der Waals surface area (Å²) in [5.41, 5.74) is 1.86. The van der Waals surface area contributed by atoms with Crippen LogP contribution in [-0.2, 0) is 6.42 Å². The maximum atomic E-state index is 13.7. The highest BCUT2D eigenvalue weighted by molar-refractivity contribution is 7.22. The van der Waals surface area contributed by atoms with Crippen molar-refractivity contribution < 1.29 is 13.6 Å². The Labute approximate surface area is 165 Å². The van der Waals surface area contributed by atoms with Crippen LogP contribution < -0.4 is 10.2 Å². The van der Waals surface area contributed by atoms with Crippen molar-refractivity contribution in [2.75, 3.05) is 36.4 Å². The lowest BCUT2D eigenvalue weighted by Gasteiger charge is -2.34. The van der Waals surface area contributed by atoms with E-state index in [0.717, 1.165) is 33.9 Å². The van der Waals surface area contributed by atoms with Crippen LogP contribution in [0.2, 0.25) is 0 Å². The molecule has 5 nitrogen and oxygen atoms in total. The molecule has 0 aliphatic carbocycles. The summed E-state index contributed by atoms with van der Waals surface area (Å²) in [6.07, 6.45) is 0.932. The molecule has 146 valence electrons. The fourth-order valence-corrected chi connectivity index (χ4v) is 4.38. The maximum Gasteiger partial charge on any atom is 0.322 e. The number of carbonyl (C=O) groups excluding carboxylic acids is 1. The Hall–Kier alpha value is -2.74. The van der Waals surface area contributed by atoms with Gasteiger partial charge in [-0.25, -0.2) is 18.6 Å². The molecule has 0 bridgehead atoms. The number of nitrogens with one attached hydrogen (secondary N) is 1. The van der Waals surface area contributed by atoms with Gasteiger partial charge in [-0.1, -0.05) is 36.5 Å². The summed E-state index contributed by atoms with van der Waals surface area (Å²) in [5.74, 6) is -1.57. The Kier molecular flexibility index (Phi) is 5.13. The minimum absolute atomic E-state index is 0.409. The zero-order chi connectivity index (χ0) is 19.7. The number of amides is 2. The molecule has 0 saturated carbocycles. The van der Waals surface area contributed by atoms with Gasteiger partial charge in [-0.3, -0.25) is 0 Å². The molecular formula is C20H20F2N4OS. The highest BCUT2D eigenvalue weighted by Crippen LogP contribution is 2.31. The topological polar surface area (TPSA) is 48.5 Å². The number of aromatic nitrogens is 1. The van der Waals surface area contributed by atoms with E-state index >= 15 is 0 Å². The second kappa shape index (κ2) is 7.71. The number of rotatable bonds is 3. The molecule has 0 radical (unpaired) electrons. The van der Waals surface area contributed by atoms with Crippen molar-refractivity contribution in [3.63, 3.8) is 0 Å². The summed E-state index contributed by atoms with van der Waals surface area (Å²) in [6, 6.07) is 9.22. The van der Waals surface area contributed by atoms with Gasteiger partial charge >= 0.3 is 6.03 Å². The molecule has 1 fully saturated rings. The molecule has 0 atom stereocenters. The van der Waals surface area contributed by atoms with Crippen LogP contribution in [0.4, 0.5) is 24.4 Å². The molecule has 8 heteroatoms. The zero-order valence-electron chi connectivity index (χ0n) is 15.4. The minimum Gasteiger partial charge on any atom is -0.345 e. The van der Waals surface area contributed by atoms with Gasteiger partial charge in [-0.2, -0.15) is 0 Å². The fraction of sp³-hybridized carbons (Fsp3) is 0.300. The van der Waals surface area contributed by atoms with Crippen LogP contribution >= 0.6 is 11.3 Å². The zero-order valence-corrected chi connectivity index (χ0v) is 16.2. The number of fused-ring (bicyclic) bond motifs is 1. The normalized spacial score (nSPS) is 14.5. The molecule has 0 spiro atoms. The number of benzene rings is 2. The molecule has 0 unspecified atom stereocenters. The van der Waals surface area contributed by atoms with Gasteiger partial charge in [0.2, 0.25) is 0 Å². The Balaban J connectivity index is 1.43. The molecule has 1 aromatic heterocycles. The third-order valence-corrected chi connectivity index (χ3v) is 5.99. The van der Waals surface area contributed by atoms with Crippen molar-refractivity contribution in [3.05, 3.63) is 53.6 Å². The quantitative estimate of drug-likeness (QED) is 0.702. The molecular weight excluding hydrogens is 382 g/mol. The molecule has 4 rings (SSSR count). The smallest absolute Gasteiger partial charge is 0.322 e. The second-order valence-electron chi connectivity index (χ2n) is 6.61. The molecule has 1 N–H and O–H groups in total. The number of carbonyl (C=O) groups is 1. The summed E-state index contributed by atoms with van der Waals surface area (Å²) in [5, 5.41) is 3.29. The van der Waals surface area contributed by atoms with E-state index in [1.165, 1.54) is 11.6 Å². The summed E-state index contributed by atoms with van der Waals surface area (Å²) < 4.78 is 28.6. The third kappa shape index (κ3) is 3.52. The number of halogens is 2. The minimum atomic E-state index is -0.784. The van der Waals surface area contributed by atoms with E-state index < -0.39 is 23.4 Å². The van der Waals surface area contributed by atoms with Gasteiger partial charge < -0.3 is 15.1 Å². The van der Waals surface area contributed by atoms with Crippen molar-refractivity contribution >= 4 is 38.4 Å². The van der Waals surface area contributed by atoms with E-state index in [1.807, 2.05) is 6.07 Å². The number of thiazole rings is 1.